The minimum atomic E-state index is -0.550. The molecule has 0 aliphatic rings. The average molecular weight is 476 g/mol. The molecule has 174 valence electrons. The number of carbonyl (C=O) groups excluding carboxylic acids is 1. The van der Waals surface area contributed by atoms with E-state index in [1.807, 2.05) is 25.1 Å². The van der Waals surface area contributed by atoms with Gasteiger partial charge in [-0.2, -0.15) is 5.26 Å². The summed E-state index contributed by atoms with van der Waals surface area (Å²) in [7, 11) is 1.49. The number of nitrogens with zero attached hydrogens (tertiary/aromatic N) is 1. The van der Waals surface area contributed by atoms with Crippen molar-refractivity contribution < 1.29 is 19.0 Å². The van der Waals surface area contributed by atoms with Crippen molar-refractivity contribution in [1.82, 2.24) is 0 Å². The molecule has 0 aromatic heterocycles. The Morgan fingerprint density at radius 1 is 1.06 bits per heavy atom. The van der Waals surface area contributed by atoms with Crippen LogP contribution >= 0.6 is 11.6 Å². The van der Waals surface area contributed by atoms with Crippen LogP contribution in [0.25, 0.3) is 11.6 Å². The molecule has 0 aliphatic carbocycles. The number of benzene rings is 3. The number of carbonyl (C=O) groups is 1. The molecule has 3 aromatic carbocycles. The molecule has 0 N–H and O–H groups in total. The summed E-state index contributed by atoms with van der Waals surface area (Å²) >= 11 is 5.93. The second kappa shape index (κ2) is 11.4. The van der Waals surface area contributed by atoms with Crippen LogP contribution in [0.1, 0.15) is 42.0 Å². The summed E-state index contributed by atoms with van der Waals surface area (Å²) in [5.74, 6) is 1.11. The summed E-state index contributed by atoms with van der Waals surface area (Å²) in [6.07, 6.45) is 1.73. The number of aryl methyl sites for hydroxylation is 1. The number of methoxy groups -OCH3 is 1. The fourth-order valence-corrected chi connectivity index (χ4v) is 3.64. The SMILES string of the molecule is COc1cc(/C=C(\C#N)c2ccc(Cl)cc2)ccc1OC(=O)COc1ccc(C(C)C)c(C)c1. The highest BCUT2D eigenvalue weighted by molar-refractivity contribution is 6.30. The molecule has 3 aromatic rings. The van der Waals surface area contributed by atoms with E-state index >= 15 is 0 Å². The van der Waals surface area contributed by atoms with Crippen LogP contribution in [0.5, 0.6) is 17.2 Å². The molecule has 0 unspecified atom stereocenters. The molecular weight excluding hydrogens is 450 g/mol. The number of esters is 1. The van der Waals surface area contributed by atoms with Crippen molar-refractivity contribution in [3.63, 3.8) is 0 Å². The quantitative estimate of drug-likeness (QED) is 0.154. The van der Waals surface area contributed by atoms with Gasteiger partial charge in [0, 0.05) is 5.02 Å². The zero-order valence-electron chi connectivity index (χ0n) is 19.6. The minimum absolute atomic E-state index is 0.236. The highest BCUT2D eigenvalue weighted by atomic mass is 35.5. The van der Waals surface area contributed by atoms with E-state index in [-0.39, 0.29) is 12.4 Å². The van der Waals surface area contributed by atoms with Gasteiger partial charge in [0.25, 0.3) is 0 Å². The van der Waals surface area contributed by atoms with Crippen LogP contribution in [0.2, 0.25) is 5.02 Å². The van der Waals surface area contributed by atoms with Crippen LogP contribution < -0.4 is 14.2 Å². The van der Waals surface area contributed by atoms with Gasteiger partial charge in [-0.1, -0.05) is 49.7 Å². The fourth-order valence-electron chi connectivity index (χ4n) is 3.51. The van der Waals surface area contributed by atoms with Gasteiger partial charge in [-0.25, -0.2) is 4.79 Å². The summed E-state index contributed by atoms with van der Waals surface area (Å²) in [6.45, 7) is 6.05. The molecule has 3 rings (SSSR count). The van der Waals surface area contributed by atoms with E-state index < -0.39 is 5.97 Å². The van der Waals surface area contributed by atoms with Gasteiger partial charge in [0.05, 0.1) is 18.8 Å². The van der Waals surface area contributed by atoms with E-state index in [4.69, 9.17) is 25.8 Å². The zero-order chi connectivity index (χ0) is 24.7. The van der Waals surface area contributed by atoms with E-state index in [1.165, 1.54) is 12.7 Å². The van der Waals surface area contributed by atoms with E-state index in [0.717, 1.165) is 16.7 Å². The first-order valence-corrected chi connectivity index (χ1v) is 11.2. The van der Waals surface area contributed by atoms with E-state index in [9.17, 15) is 10.1 Å². The summed E-state index contributed by atoms with van der Waals surface area (Å²) in [6, 6.07) is 20.1. The Labute approximate surface area is 205 Å². The highest BCUT2D eigenvalue weighted by Gasteiger charge is 2.13. The van der Waals surface area contributed by atoms with Crippen molar-refractivity contribution in [2.75, 3.05) is 13.7 Å². The first-order chi connectivity index (χ1) is 16.3. The predicted molar refractivity (Wildman–Crippen MR) is 134 cm³/mol. The second-order valence-electron chi connectivity index (χ2n) is 8.02. The maximum atomic E-state index is 12.4. The Hall–Kier alpha value is -3.75. The van der Waals surface area contributed by atoms with Crippen molar-refractivity contribution in [3.05, 3.63) is 87.9 Å². The van der Waals surface area contributed by atoms with Gasteiger partial charge in [0.1, 0.15) is 5.75 Å². The Kier molecular flexibility index (Phi) is 8.34. The molecule has 0 saturated carbocycles. The normalized spacial score (nSPS) is 11.1. The third-order valence-corrected chi connectivity index (χ3v) is 5.47. The van der Waals surface area contributed by atoms with Crippen LogP contribution in [-0.2, 0) is 4.79 Å². The lowest BCUT2D eigenvalue weighted by Crippen LogP contribution is -2.18. The number of halogens is 1. The van der Waals surface area contributed by atoms with Crippen LogP contribution in [-0.4, -0.2) is 19.7 Å². The molecule has 0 spiro atoms. The van der Waals surface area contributed by atoms with Crippen molar-refractivity contribution in [1.29, 1.82) is 5.26 Å². The number of ether oxygens (including phenoxy) is 3. The molecule has 6 heteroatoms. The number of allylic oxidation sites excluding steroid dienone is 1. The molecule has 0 atom stereocenters. The topological polar surface area (TPSA) is 68.5 Å². The van der Waals surface area contributed by atoms with Gasteiger partial charge in [-0.3, -0.25) is 0 Å². The van der Waals surface area contributed by atoms with Gasteiger partial charge in [0.15, 0.2) is 18.1 Å². The lowest BCUT2D eigenvalue weighted by molar-refractivity contribution is -0.136. The van der Waals surface area contributed by atoms with Gasteiger partial charge in [0.2, 0.25) is 0 Å². The monoisotopic (exact) mass is 475 g/mol. The van der Waals surface area contributed by atoms with Gasteiger partial charge in [-0.05, 0) is 77.6 Å². The summed E-state index contributed by atoms with van der Waals surface area (Å²) in [5.41, 5.74) is 4.29. The Morgan fingerprint density at radius 2 is 1.79 bits per heavy atom. The van der Waals surface area contributed by atoms with Crippen molar-refractivity contribution in [2.24, 2.45) is 0 Å². The number of rotatable bonds is 8. The molecule has 5 nitrogen and oxygen atoms in total. The third kappa shape index (κ3) is 6.40. The molecule has 0 aliphatic heterocycles. The molecule has 0 bridgehead atoms. The summed E-state index contributed by atoms with van der Waals surface area (Å²) in [5, 5.41) is 10.2. The minimum Gasteiger partial charge on any atom is -0.493 e. The largest absolute Gasteiger partial charge is 0.493 e. The molecule has 0 amide bonds. The highest BCUT2D eigenvalue weighted by Crippen LogP contribution is 2.30. The standard InChI is InChI=1S/C28H26ClNO4/c1-18(2)25-11-10-24(13-19(25)3)33-17-28(31)34-26-12-5-20(15-27(26)32-4)14-22(16-30)21-6-8-23(29)9-7-21/h5-15,18H,17H2,1-4H3/b22-14+. The third-order valence-electron chi connectivity index (χ3n) is 5.22. The van der Waals surface area contributed by atoms with Crippen LogP contribution in [0.4, 0.5) is 0 Å². The smallest absolute Gasteiger partial charge is 0.349 e. The Morgan fingerprint density at radius 3 is 2.41 bits per heavy atom. The molecule has 0 radical (unpaired) electrons. The van der Waals surface area contributed by atoms with Crippen LogP contribution in [0.3, 0.4) is 0 Å². The van der Waals surface area contributed by atoms with Crippen LogP contribution in [0.15, 0.2) is 60.7 Å². The number of hydrogen-bond acceptors (Lipinski definition) is 5. The van der Waals surface area contributed by atoms with Gasteiger partial charge < -0.3 is 14.2 Å². The Bertz CT molecular complexity index is 1240. The first-order valence-electron chi connectivity index (χ1n) is 10.8. The van der Waals surface area contributed by atoms with Crippen molar-refractivity contribution >= 4 is 29.2 Å². The molecule has 0 heterocycles. The lowest BCUT2D eigenvalue weighted by Gasteiger charge is -2.13. The maximum Gasteiger partial charge on any atom is 0.349 e. The van der Waals surface area contributed by atoms with E-state index in [1.54, 1.807) is 48.5 Å². The Balaban J connectivity index is 1.69. The fraction of sp³-hybridized carbons (Fsp3) is 0.214. The van der Waals surface area contributed by atoms with Gasteiger partial charge in [-0.15, -0.1) is 0 Å². The van der Waals surface area contributed by atoms with Crippen molar-refractivity contribution in [3.8, 4) is 23.3 Å². The lowest BCUT2D eigenvalue weighted by atomic mass is 9.98. The van der Waals surface area contributed by atoms with E-state index in [0.29, 0.717) is 28.0 Å². The molecule has 0 saturated heterocycles. The molecular formula is C28H26ClNO4. The number of nitriles is 1. The maximum absolute atomic E-state index is 12.4. The first kappa shape index (κ1) is 24.9. The molecule has 34 heavy (non-hydrogen) atoms. The van der Waals surface area contributed by atoms with E-state index in [2.05, 4.69) is 19.9 Å². The van der Waals surface area contributed by atoms with Gasteiger partial charge >= 0.3 is 5.97 Å². The summed E-state index contributed by atoms with van der Waals surface area (Å²) in [4.78, 5) is 12.4. The number of hydrogen-bond donors (Lipinski definition) is 0. The summed E-state index contributed by atoms with van der Waals surface area (Å²) < 4.78 is 16.4. The average Bonchev–Trinajstić information content (AvgIpc) is 2.82. The molecule has 0 fully saturated rings. The zero-order valence-corrected chi connectivity index (χ0v) is 20.3. The second-order valence-corrected chi connectivity index (χ2v) is 8.46. The predicted octanol–water partition coefficient (Wildman–Crippen LogP) is 6.83. The van der Waals surface area contributed by atoms with Crippen molar-refractivity contribution in [2.45, 2.75) is 26.7 Å². The van der Waals surface area contributed by atoms with Crippen LogP contribution in [0, 0.1) is 18.3 Å².